The highest BCUT2D eigenvalue weighted by atomic mass is 16.5. The number of aryl methyl sites for hydroxylation is 1. The molecule has 1 aromatic heterocycles. The number of ether oxygens (including phenoxy) is 2. The fourth-order valence-corrected chi connectivity index (χ4v) is 2.58. The van der Waals surface area contributed by atoms with Gasteiger partial charge in [-0.2, -0.15) is 5.21 Å². The zero-order chi connectivity index (χ0) is 19.9. The molecule has 8 nitrogen and oxygen atoms in total. The summed E-state index contributed by atoms with van der Waals surface area (Å²) in [6.45, 7) is 6.78. The number of H-pyrrole nitrogens is 1. The first kappa shape index (κ1) is 19.2. The number of benzene rings is 2. The van der Waals surface area contributed by atoms with E-state index in [1.165, 1.54) is 0 Å². The SMILES string of the molecule is CCOc1ccc(OCC)c(NC(=O)c2n[nH]nc2Nc2ccc(C)cc2)c1. The zero-order valence-corrected chi connectivity index (χ0v) is 16.1. The number of nitrogens with zero attached hydrogens (tertiary/aromatic N) is 2. The van der Waals surface area contributed by atoms with Crippen molar-refractivity contribution >= 4 is 23.1 Å². The van der Waals surface area contributed by atoms with E-state index in [4.69, 9.17) is 9.47 Å². The molecular weight excluding hydrogens is 358 g/mol. The summed E-state index contributed by atoms with van der Waals surface area (Å²) >= 11 is 0. The normalized spacial score (nSPS) is 10.4. The van der Waals surface area contributed by atoms with Crippen molar-refractivity contribution in [2.75, 3.05) is 23.8 Å². The Bertz CT molecular complexity index is 937. The van der Waals surface area contributed by atoms with Crippen LogP contribution in [0, 0.1) is 6.92 Å². The third kappa shape index (κ3) is 4.59. The summed E-state index contributed by atoms with van der Waals surface area (Å²) in [5.41, 5.74) is 2.59. The van der Waals surface area contributed by atoms with Crippen LogP contribution < -0.4 is 20.1 Å². The van der Waals surface area contributed by atoms with Crippen LogP contribution in [0.5, 0.6) is 11.5 Å². The van der Waals surface area contributed by atoms with E-state index in [1.54, 1.807) is 18.2 Å². The minimum atomic E-state index is -0.419. The fourth-order valence-electron chi connectivity index (χ4n) is 2.58. The Hall–Kier alpha value is -3.55. The Labute approximate surface area is 163 Å². The molecule has 0 saturated heterocycles. The molecule has 1 heterocycles. The molecule has 3 aromatic rings. The van der Waals surface area contributed by atoms with Crippen molar-refractivity contribution in [1.29, 1.82) is 0 Å². The second-order valence-electron chi connectivity index (χ2n) is 5.99. The lowest BCUT2D eigenvalue weighted by molar-refractivity contribution is 0.102. The number of amides is 1. The van der Waals surface area contributed by atoms with Crippen LogP contribution >= 0.6 is 0 Å². The Morgan fingerprint density at radius 3 is 2.50 bits per heavy atom. The van der Waals surface area contributed by atoms with E-state index >= 15 is 0 Å². The Kier molecular flexibility index (Phi) is 6.11. The number of carbonyl (C=O) groups excluding carboxylic acids is 1. The minimum absolute atomic E-state index is 0.143. The van der Waals surface area contributed by atoms with Crippen LogP contribution in [0.3, 0.4) is 0 Å². The van der Waals surface area contributed by atoms with Crippen molar-refractivity contribution in [3.8, 4) is 11.5 Å². The van der Waals surface area contributed by atoms with Crippen LogP contribution in [0.4, 0.5) is 17.2 Å². The van der Waals surface area contributed by atoms with Crippen LogP contribution in [0.2, 0.25) is 0 Å². The van der Waals surface area contributed by atoms with Crippen LogP contribution in [0.1, 0.15) is 29.9 Å². The molecule has 3 rings (SSSR count). The maximum Gasteiger partial charge on any atom is 0.280 e. The first-order chi connectivity index (χ1) is 13.6. The van der Waals surface area contributed by atoms with E-state index in [-0.39, 0.29) is 5.69 Å². The van der Waals surface area contributed by atoms with E-state index in [9.17, 15) is 4.79 Å². The van der Waals surface area contributed by atoms with Gasteiger partial charge >= 0.3 is 0 Å². The molecule has 8 heteroatoms. The molecular formula is C20H23N5O3. The number of rotatable bonds is 8. The summed E-state index contributed by atoms with van der Waals surface area (Å²) in [5, 5.41) is 16.4. The first-order valence-corrected chi connectivity index (χ1v) is 9.06. The third-order valence-corrected chi connectivity index (χ3v) is 3.89. The summed E-state index contributed by atoms with van der Waals surface area (Å²) in [6, 6.07) is 13.0. The monoisotopic (exact) mass is 381 g/mol. The fraction of sp³-hybridized carbons (Fsp3) is 0.250. The number of hydrogen-bond donors (Lipinski definition) is 3. The molecule has 0 radical (unpaired) electrons. The van der Waals surface area contributed by atoms with E-state index < -0.39 is 5.91 Å². The lowest BCUT2D eigenvalue weighted by Crippen LogP contribution is -2.15. The lowest BCUT2D eigenvalue weighted by Gasteiger charge is -2.13. The maximum atomic E-state index is 12.8. The van der Waals surface area contributed by atoms with Crippen LogP contribution in [-0.2, 0) is 0 Å². The molecule has 0 saturated carbocycles. The number of hydrogen-bond acceptors (Lipinski definition) is 6. The van der Waals surface area contributed by atoms with Gasteiger partial charge in [-0.25, -0.2) is 0 Å². The largest absolute Gasteiger partial charge is 0.494 e. The maximum absolute atomic E-state index is 12.8. The van der Waals surface area contributed by atoms with Gasteiger partial charge < -0.3 is 20.1 Å². The molecule has 0 spiro atoms. The standard InChI is InChI=1S/C20H23N5O3/c1-4-27-15-10-11-17(28-5-2)16(12-15)22-20(26)18-19(24-25-23-18)21-14-8-6-13(3)7-9-14/h6-12H,4-5H2,1-3H3,(H,22,26)(H2,21,23,24,25). The topological polar surface area (TPSA) is 101 Å². The van der Waals surface area contributed by atoms with Crippen molar-refractivity contribution in [3.63, 3.8) is 0 Å². The molecule has 0 aliphatic carbocycles. The number of aromatic nitrogens is 3. The van der Waals surface area contributed by atoms with Crippen LogP contribution in [0.25, 0.3) is 0 Å². The van der Waals surface area contributed by atoms with E-state index in [2.05, 4.69) is 26.0 Å². The van der Waals surface area contributed by atoms with Crippen molar-refractivity contribution in [3.05, 3.63) is 53.7 Å². The highest BCUT2D eigenvalue weighted by molar-refractivity contribution is 6.07. The summed E-state index contributed by atoms with van der Waals surface area (Å²) in [5.74, 6) is 1.11. The Morgan fingerprint density at radius 2 is 1.79 bits per heavy atom. The number of carbonyl (C=O) groups is 1. The molecule has 0 aliphatic heterocycles. The summed E-state index contributed by atoms with van der Waals surface area (Å²) in [7, 11) is 0. The number of aromatic amines is 1. The quantitative estimate of drug-likeness (QED) is 0.547. The average molecular weight is 381 g/mol. The van der Waals surface area contributed by atoms with Crippen molar-refractivity contribution in [2.24, 2.45) is 0 Å². The molecule has 28 heavy (non-hydrogen) atoms. The van der Waals surface area contributed by atoms with E-state index in [0.717, 1.165) is 11.3 Å². The summed E-state index contributed by atoms with van der Waals surface area (Å²) in [4.78, 5) is 12.8. The molecule has 3 N–H and O–H groups in total. The van der Waals surface area contributed by atoms with Gasteiger partial charge in [0.15, 0.2) is 11.5 Å². The first-order valence-electron chi connectivity index (χ1n) is 9.06. The summed E-state index contributed by atoms with van der Waals surface area (Å²) < 4.78 is 11.1. The second-order valence-corrected chi connectivity index (χ2v) is 5.99. The predicted molar refractivity (Wildman–Crippen MR) is 108 cm³/mol. The van der Waals surface area contributed by atoms with Gasteiger partial charge in [0.1, 0.15) is 11.5 Å². The van der Waals surface area contributed by atoms with Gasteiger partial charge in [-0.05, 0) is 45.0 Å². The van der Waals surface area contributed by atoms with Crippen LogP contribution in [0.15, 0.2) is 42.5 Å². The molecule has 2 aromatic carbocycles. The van der Waals surface area contributed by atoms with Crippen molar-refractivity contribution < 1.29 is 14.3 Å². The van der Waals surface area contributed by atoms with Gasteiger partial charge in [0, 0.05) is 11.8 Å². The molecule has 0 bridgehead atoms. The average Bonchev–Trinajstić information content (AvgIpc) is 3.14. The van der Waals surface area contributed by atoms with E-state index in [1.807, 2.05) is 45.0 Å². The molecule has 146 valence electrons. The lowest BCUT2D eigenvalue weighted by atomic mass is 10.2. The van der Waals surface area contributed by atoms with Gasteiger partial charge in [-0.15, -0.1) is 10.2 Å². The molecule has 0 fully saturated rings. The molecule has 0 atom stereocenters. The minimum Gasteiger partial charge on any atom is -0.494 e. The summed E-state index contributed by atoms with van der Waals surface area (Å²) in [6.07, 6.45) is 0. The Morgan fingerprint density at radius 1 is 1.04 bits per heavy atom. The second kappa shape index (κ2) is 8.90. The van der Waals surface area contributed by atoms with E-state index in [0.29, 0.717) is 36.2 Å². The number of nitrogens with one attached hydrogen (secondary N) is 3. The molecule has 0 unspecified atom stereocenters. The van der Waals surface area contributed by atoms with Crippen molar-refractivity contribution in [1.82, 2.24) is 15.4 Å². The highest BCUT2D eigenvalue weighted by Crippen LogP contribution is 2.30. The highest BCUT2D eigenvalue weighted by Gasteiger charge is 2.19. The van der Waals surface area contributed by atoms with Gasteiger partial charge in [0.2, 0.25) is 0 Å². The van der Waals surface area contributed by atoms with Gasteiger partial charge in [-0.1, -0.05) is 17.7 Å². The van der Waals surface area contributed by atoms with Gasteiger partial charge in [0.05, 0.1) is 18.9 Å². The van der Waals surface area contributed by atoms with Gasteiger partial charge in [0.25, 0.3) is 5.91 Å². The van der Waals surface area contributed by atoms with Crippen LogP contribution in [-0.4, -0.2) is 34.5 Å². The molecule has 1 amide bonds. The Balaban J connectivity index is 1.81. The predicted octanol–water partition coefficient (Wildman–Crippen LogP) is 3.91. The van der Waals surface area contributed by atoms with Gasteiger partial charge in [-0.3, -0.25) is 4.79 Å². The smallest absolute Gasteiger partial charge is 0.280 e. The zero-order valence-electron chi connectivity index (χ0n) is 16.1. The number of anilines is 3. The third-order valence-electron chi connectivity index (χ3n) is 3.89. The molecule has 0 aliphatic rings. The van der Waals surface area contributed by atoms with Crippen molar-refractivity contribution in [2.45, 2.75) is 20.8 Å².